The predicted molar refractivity (Wildman–Crippen MR) is 67.7 cm³/mol. The number of allylic oxidation sites excluding steroid dienone is 1. The highest BCUT2D eigenvalue weighted by Gasteiger charge is 2.17. The molecule has 0 aliphatic rings. The van der Waals surface area contributed by atoms with Gasteiger partial charge < -0.3 is 4.74 Å². The summed E-state index contributed by atoms with van der Waals surface area (Å²) >= 11 is 3.06. The zero-order valence-corrected chi connectivity index (χ0v) is 11.5. The van der Waals surface area contributed by atoms with E-state index in [-0.39, 0.29) is 16.7 Å². The Hall–Kier alpha value is -0.640. The Morgan fingerprint density at radius 1 is 1.25 bits per heavy atom. The molecule has 0 saturated carbocycles. The van der Waals surface area contributed by atoms with E-state index in [0.717, 1.165) is 25.7 Å². The lowest BCUT2D eigenvalue weighted by Gasteiger charge is -2.05. The molecule has 4 heteroatoms. The number of ketones is 1. The van der Waals surface area contributed by atoms with Gasteiger partial charge in [-0.15, -0.1) is 0 Å². The van der Waals surface area contributed by atoms with Gasteiger partial charge in [-0.1, -0.05) is 48.7 Å². The molecule has 0 aromatic carbocycles. The van der Waals surface area contributed by atoms with Crippen LogP contribution in [0.15, 0.2) is 11.6 Å². The van der Waals surface area contributed by atoms with Gasteiger partial charge in [0, 0.05) is 0 Å². The summed E-state index contributed by atoms with van der Waals surface area (Å²) in [5.74, 6) is -0.709. The van der Waals surface area contributed by atoms with Crippen molar-refractivity contribution in [3.05, 3.63) is 11.6 Å². The number of carbonyl (C=O) groups excluding carboxylic acids is 2. The van der Waals surface area contributed by atoms with Gasteiger partial charge in [0.25, 0.3) is 0 Å². The van der Waals surface area contributed by atoms with Crippen LogP contribution in [0.4, 0.5) is 0 Å². The largest absolute Gasteiger partial charge is 0.462 e. The molecule has 0 atom stereocenters. The number of unbranched alkanes of at least 4 members (excludes halogenated alkanes) is 2. The number of ether oxygens (including phenoxy) is 1. The lowest BCUT2D eigenvalue weighted by atomic mass is 10.1. The predicted octanol–water partition coefficient (Wildman–Crippen LogP) is 3.02. The Balaban J connectivity index is 4.46. The maximum atomic E-state index is 11.6. The third-order valence-corrected chi connectivity index (χ3v) is 2.49. The lowest BCUT2D eigenvalue weighted by molar-refractivity contribution is -0.140. The first kappa shape index (κ1) is 15.4. The number of alkyl halides is 1. The van der Waals surface area contributed by atoms with Crippen LogP contribution in [0.5, 0.6) is 0 Å². The van der Waals surface area contributed by atoms with E-state index in [4.69, 9.17) is 4.74 Å². The summed E-state index contributed by atoms with van der Waals surface area (Å²) in [6.07, 6.45) is 5.20. The van der Waals surface area contributed by atoms with E-state index >= 15 is 0 Å². The van der Waals surface area contributed by atoms with Gasteiger partial charge in [-0.2, -0.15) is 0 Å². The number of hydrogen-bond donors (Lipinski definition) is 0. The summed E-state index contributed by atoms with van der Waals surface area (Å²) in [4.78, 5) is 23.1. The van der Waals surface area contributed by atoms with Gasteiger partial charge in [-0.25, -0.2) is 4.79 Å². The van der Waals surface area contributed by atoms with Gasteiger partial charge in [0.05, 0.1) is 17.5 Å². The molecule has 0 bridgehead atoms. The topological polar surface area (TPSA) is 43.4 Å². The highest BCUT2D eigenvalue weighted by atomic mass is 79.9. The zero-order valence-electron chi connectivity index (χ0n) is 9.92. The Labute approximate surface area is 105 Å². The van der Waals surface area contributed by atoms with Crippen LogP contribution in [0.25, 0.3) is 0 Å². The van der Waals surface area contributed by atoms with Crippen molar-refractivity contribution in [2.45, 2.75) is 39.5 Å². The van der Waals surface area contributed by atoms with Crippen LogP contribution in [-0.4, -0.2) is 23.7 Å². The minimum Gasteiger partial charge on any atom is -0.462 e. The SMILES string of the molecule is CCCC/C=C(\C(=O)CBr)C(=O)OCCC. The van der Waals surface area contributed by atoms with E-state index < -0.39 is 5.97 Å². The van der Waals surface area contributed by atoms with Crippen molar-refractivity contribution in [3.63, 3.8) is 0 Å². The van der Waals surface area contributed by atoms with Crippen molar-refractivity contribution in [1.29, 1.82) is 0 Å². The second-order valence-electron chi connectivity index (χ2n) is 3.45. The van der Waals surface area contributed by atoms with Crippen LogP contribution in [-0.2, 0) is 14.3 Å². The first-order valence-corrected chi connectivity index (χ1v) is 6.75. The van der Waals surface area contributed by atoms with Gasteiger partial charge in [0.1, 0.15) is 0 Å². The van der Waals surface area contributed by atoms with Crippen molar-refractivity contribution in [2.75, 3.05) is 11.9 Å². The van der Waals surface area contributed by atoms with Crippen molar-refractivity contribution in [2.24, 2.45) is 0 Å². The molecule has 0 saturated heterocycles. The van der Waals surface area contributed by atoms with Gasteiger partial charge in [-0.05, 0) is 12.8 Å². The monoisotopic (exact) mass is 290 g/mol. The molecular formula is C12H19BrO3. The summed E-state index contributed by atoms with van der Waals surface area (Å²) in [5.41, 5.74) is 0.179. The quantitative estimate of drug-likeness (QED) is 0.172. The standard InChI is InChI=1S/C12H19BrO3/c1-3-5-6-7-10(11(14)9-13)12(15)16-8-4-2/h7H,3-6,8-9H2,1-2H3/b10-7+. The van der Waals surface area contributed by atoms with Crippen LogP contribution in [0.2, 0.25) is 0 Å². The molecule has 0 rings (SSSR count). The summed E-state index contributed by atoms with van der Waals surface area (Å²) in [7, 11) is 0. The van der Waals surface area contributed by atoms with E-state index in [1.807, 2.05) is 6.92 Å². The summed E-state index contributed by atoms with van der Waals surface area (Å²) in [5, 5.41) is 0.159. The molecule has 0 amide bonds. The molecule has 0 fully saturated rings. The fraction of sp³-hybridized carbons (Fsp3) is 0.667. The summed E-state index contributed by atoms with van der Waals surface area (Å²) < 4.78 is 4.96. The second kappa shape index (κ2) is 9.58. The number of halogens is 1. The van der Waals surface area contributed by atoms with E-state index in [2.05, 4.69) is 22.9 Å². The van der Waals surface area contributed by atoms with Gasteiger partial charge >= 0.3 is 5.97 Å². The Bertz CT molecular complexity index is 259. The van der Waals surface area contributed by atoms with Gasteiger partial charge in [0.2, 0.25) is 0 Å². The van der Waals surface area contributed by atoms with E-state index in [1.165, 1.54) is 0 Å². The molecule has 0 heterocycles. The number of hydrogen-bond acceptors (Lipinski definition) is 3. The minimum absolute atomic E-state index is 0.159. The molecule has 3 nitrogen and oxygen atoms in total. The number of esters is 1. The molecule has 0 N–H and O–H groups in total. The first-order valence-electron chi connectivity index (χ1n) is 5.63. The highest BCUT2D eigenvalue weighted by molar-refractivity contribution is 9.09. The lowest BCUT2D eigenvalue weighted by Crippen LogP contribution is -2.17. The van der Waals surface area contributed by atoms with Crippen LogP contribution in [0.1, 0.15) is 39.5 Å². The summed E-state index contributed by atoms with van der Waals surface area (Å²) in [6, 6.07) is 0. The van der Waals surface area contributed by atoms with Gasteiger partial charge in [0.15, 0.2) is 5.78 Å². The average Bonchev–Trinajstić information content (AvgIpc) is 2.30. The number of carbonyl (C=O) groups is 2. The highest BCUT2D eigenvalue weighted by Crippen LogP contribution is 2.07. The van der Waals surface area contributed by atoms with Crippen LogP contribution >= 0.6 is 15.9 Å². The summed E-state index contributed by atoms with van der Waals surface area (Å²) in [6.45, 7) is 4.34. The average molecular weight is 291 g/mol. The minimum atomic E-state index is -0.498. The van der Waals surface area contributed by atoms with Crippen LogP contribution < -0.4 is 0 Å². The Kier molecular flexibility index (Phi) is 9.19. The van der Waals surface area contributed by atoms with E-state index in [1.54, 1.807) is 6.08 Å². The van der Waals surface area contributed by atoms with Crippen LogP contribution in [0, 0.1) is 0 Å². The molecule has 0 spiro atoms. The molecule has 16 heavy (non-hydrogen) atoms. The molecule has 0 aromatic rings. The second-order valence-corrected chi connectivity index (χ2v) is 4.01. The fourth-order valence-electron chi connectivity index (χ4n) is 1.11. The third-order valence-electron chi connectivity index (χ3n) is 1.99. The molecule has 0 aliphatic carbocycles. The van der Waals surface area contributed by atoms with Crippen molar-refractivity contribution < 1.29 is 14.3 Å². The number of rotatable bonds is 8. The molecule has 0 aliphatic heterocycles. The smallest absolute Gasteiger partial charge is 0.341 e. The van der Waals surface area contributed by atoms with Crippen molar-refractivity contribution >= 4 is 27.7 Å². The molecule has 0 radical (unpaired) electrons. The Morgan fingerprint density at radius 3 is 2.44 bits per heavy atom. The zero-order chi connectivity index (χ0) is 12.4. The fourth-order valence-corrected chi connectivity index (χ4v) is 1.41. The normalized spacial score (nSPS) is 11.3. The van der Waals surface area contributed by atoms with Crippen LogP contribution in [0.3, 0.4) is 0 Å². The molecule has 0 aromatic heterocycles. The third kappa shape index (κ3) is 6.05. The maximum Gasteiger partial charge on any atom is 0.341 e. The molecular weight excluding hydrogens is 272 g/mol. The number of Topliss-reactive ketones (excluding diaryl/α,β-unsaturated/α-hetero) is 1. The maximum absolute atomic E-state index is 11.6. The Morgan fingerprint density at radius 2 is 1.94 bits per heavy atom. The molecule has 92 valence electrons. The van der Waals surface area contributed by atoms with Crippen molar-refractivity contribution in [1.82, 2.24) is 0 Å². The van der Waals surface area contributed by atoms with E-state index in [0.29, 0.717) is 6.61 Å². The van der Waals surface area contributed by atoms with Crippen molar-refractivity contribution in [3.8, 4) is 0 Å². The molecule has 0 unspecified atom stereocenters. The van der Waals surface area contributed by atoms with Gasteiger partial charge in [-0.3, -0.25) is 4.79 Å². The van der Waals surface area contributed by atoms with E-state index in [9.17, 15) is 9.59 Å². The first-order chi connectivity index (χ1) is 7.67.